The summed E-state index contributed by atoms with van der Waals surface area (Å²) in [5.74, 6) is 0.930. The number of aromatic nitrogens is 4. The molecule has 0 radical (unpaired) electrons. The zero-order valence-electron chi connectivity index (χ0n) is 29.5. The summed E-state index contributed by atoms with van der Waals surface area (Å²) in [7, 11) is 0. The molecule has 0 aliphatic rings. The molecule has 5 aromatic carbocycles. The average molecular weight is 649 g/mol. The van der Waals surface area contributed by atoms with Gasteiger partial charge in [-0.3, -0.25) is 9.55 Å². The van der Waals surface area contributed by atoms with Crippen LogP contribution in [0.25, 0.3) is 77.1 Å². The summed E-state index contributed by atoms with van der Waals surface area (Å²) in [6.07, 6.45) is 3.89. The van der Waals surface area contributed by atoms with Crippen LogP contribution in [-0.2, 0) is 10.8 Å². The minimum Gasteiger partial charge on any atom is -0.309 e. The van der Waals surface area contributed by atoms with E-state index in [2.05, 4.69) is 172 Å². The van der Waals surface area contributed by atoms with Crippen LogP contribution in [0.5, 0.6) is 0 Å². The Morgan fingerprint density at radius 2 is 1.12 bits per heavy atom. The number of pyridine rings is 2. The fourth-order valence-corrected chi connectivity index (χ4v) is 7.63. The first-order chi connectivity index (χ1) is 24.1. The topological polar surface area (TPSA) is 35.6 Å². The van der Waals surface area contributed by atoms with Gasteiger partial charge in [0.2, 0.25) is 0 Å². The van der Waals surface area contributed by atoms with Crippen LogP contribution >= 0.6 is 0 Å². The van der Waals surface area contributed by atoms with Crippen molar-refractivity contribution in [3.63, 3.8) is 0 Å². The van der Waals surface area contributed by atoms with E-state index in [-0.39, 0.29) is 10.8 Å². The fourth-order valence-electron chi connectivity index (χ4n) is 7.63. The number of fused-ring (bicyclic) bond motifs is 8. The van der Waals surface area contributed by atoms with Crippen LogP contribution in [0.4, 0.5) is 0 Å². The van der Waals surface area contributed by atoms with E-state index >= 15 is 0 Å². The van der Waals surface area contributed by atoms with Crippen molar-refractivity contribution in [1.82, 2.24) is 19.1 Å². The molecule has 0 saturated heterocycles. The van der Waals surface area contributed by atoms with Gasteiger partial charge in [0.25, 0.3) is 0 Å². The molecule has 0 atom stereocenters. The molecular weight excluding hydrogens is 609 g/mol. The zero-order valence-corrected chi connectivity index (χ0v) is 29.5. The van der Waals surface area contributed by atoms with Crippen molar-refractivity contribution in [2.24, 2.45) is 0 Å². The molecule has 4 heterocycles. The molecule has 0 bridgehead atoms. The monoisotopic (exact) mass is 648 g/mol. The second-order valence-corrected chi connectivity index (χ2v) is 15.6. The lowest BCUT2D eigenvalue weighted by Gasteiger charge is -2.20. The van der Waals surface area contributed by atoms with Crippen molar-refractivity contribution in [3.05, 3.63) is 145 Å². The predicted molar refractivity (Wildman–Crippen MR) is 211 cm³/mol. The van der Waals surface area contributed by atoms with Crippen LogP contribution in [0.15, 0.2) is 134 Å². The predicted octanol–water partition coefficient (Wildman–Crippen LogP) is 12.1. The number of hydrogen-bond donors (Lipinski definition) is 0. The Labute approximate surface area is 292 Å². The smallest absolute Gasteiger partial charge is 0.137 e. The molecule has 0 saturated carbocycles. The standard InChI is InChI=1S/C46H40N4/c1-45(2,3)31-21-23-47-38(26-31)30-15-18-36-35-13-9-10-14-39(35)49(41(36)25-30)33-17-19-37-42(28-33)50(43-27-32(22-24-48-43)46(4,5)6)40-20-16-29-11-7-8-12-34(29)44(37)40/h7-28H,1-6H3. The summed E-state index contributed by atoms with van der Waals surface area (Å²) in [5, 5.41) is 7.41. The molecule has 4 heteroatoms. The molecule has 0 fully saturated rings. The molecule has 0 unspecified atom stereocenters. The van der Waals surface area contributed by atoms with Crippen molar-refractivity contribution in [3.8, 4) is 22.8 Å². The average Bonchev–Trinajstić information content (AvgIpc) is 3.63. The van der Waals surface area contributed by atoms with E-state index in [0.717, 1.165) is 39.3 Å². The van der Waals surface area contributed by atoms with Gasteiger partial charge >= 0.3 is 0 Å². The van der Waals surface area contributed by atoms with Gasteiger partial charge in [-0.15, -0.1) is 0 Å². The van der Waals surface area contributed by atoms with Gasteiger partial charge in [-0.2, -0.15) is 0 Å². The van der Waals surface area contributed by atoms with Gasteiger partial charge < -0.3 is 4.57 Å². The second kappa shape index (κ2) is 10.9. The minimum atomic E-state index is -0.00373. The third-order valence-electron chi connectivity index (χ3n) is 10.3. The molecule has 50 heavy (non-hydrogen) atoms. The van der Waals surface area contributed by atoms with Crippen molar-refractivity contribution < 1.29 is 0 Å². The highest BCUT2D eigenvalue weighted by Crippen LogP contribution is 2.40. The van der Waals surface area contributed by atoms with Crippen molar-refractivity contribution in [2.75, 3.05) is 0 Å². The van der Waals surface area contributed by atoms with Gasteiger partial charge in [0.15, 0.2) is 0 Å². The van der Waals surface area contributed by atoms with E-state index in [1.54, 1.807) is 0 Å². The highest BCUT2D eigenvalue weighted by Gasteiger charge is 2.21. The lowest BCUT2D eigenvalue weighted by atomic mass is 9.87. The molecule has 9 aromatic rings. The quantitative estimate of drug-likeness (QED) is 0.191. The summed E-state index contributed by atoms with van der Waals surface area (Å²) < 4.78 is 4.78. The molecule has 4 nitrogen and oxygen atoms in total. The fraction of sp³-hybridized carbons (Fsp3) is 0.174. The maximum absolute atomic E-state index is 4.99. The Morgan fingerprint density at radius 1 is 0.460 bits per heavy atom. The van der Waals surface area contributed by atoms with Crippen LogP contribution in [0.1, 0.15) is 52.7 Å². The van der Waals surface area contributed by atoms with Crippen LogP contribution in [0.3, 0.4) is 0 Å². The third kappa shape index (κ3) is 4.74. The first-order valence-corrected chi connectivity index (χ1v) is 17.5. The second-order valence-electron chi connectivity index (χ2n) is 15.6. The molecule has 9 rings (SSSR count). The molecule has 0 spiro atoms. The van der Waals surface area contributed by atoms with Gasteiger partial charge in [0.05, 0.1) is 27.8 Å². The Hall–Kier alpha value is -5.74. The Balaban J connectivity index is 1.35. The molecule has 0 aliphatic heterocycles. The lowest BCUT2D eigenvalue weighted by Crippen LogP contribution is -2.12. The summed E-state index contributed by atoms with van der Waals surface area (Å²) in [6, 6.07) is 44.4. The van der Waals surface area contributed by atoms with E-state index in [4.69, 9.17) is 9.97 Å². The maximum Gasteiger partial charge on any atom is 0.137 e. The Bertz CT molecular complexity index is 2780. The third-order valence-corrected chi connectivity index (χ3v) is 10.3. The van der Waals surface area contributed by atoms with Crippen LogP contribution < -0.4 is 0 Å². The lowest BCUT2D eigenvalue weighted by molar-refractivity contribution is 0.588. The van der Waals surface area contributed by atoms with Gasteiger partial charge in [0, 0.05) is 45.2 Å². The van der Waals surface area contributed by atoms with Crippen molar-refractivity contribution in [1.29, 1.82) is 0 Å². The van der Waals surface area contributed by atoms with E-state index in [0.29, 0.717) is 0 Å². The number of para-hydroxylation sites is 1. The van der Waals surface area contributed by atoms with E-state index in [1.807, 2.05) is 12.4 Å². The number of benzene rings is 5. The van der Waals surface area contributed by atoms with Gasteiger partial charge in [-0.1, -0.05) is 108 Å². The first kappa shape index (κ1) is 30.3. The number of hydrogen-bond acceptors (Lipinski definition) is 2. The van der Waals surface area contributed by atoms with Gasteiger partial charge in [-0.25, -0.2) is 4.98 Å². The molecule has 0 aliphatic carbocycles. The van der Waals surface area contributed by atoms with Gasteiger partial charge in [-0.05, 0) is 87.3 Å². The summed E-state index contributed by atoms with van der Waals surface area (Å²) in [6.45, 7) is 13.5. The minimum absolute atomic E-state index is 0.00373. The maximum atomic E-state index is 4.99. The molecule has 244 valence electrons. The highest BCUT2D eigenvalue weighted by molar-refractivity contribution is 6.21. The molecule has 4 aromatic heterocycles. The molecule has 0 amide bonds. The Kier molecular flexibility index (Phi) is 6.60. The van der Waals surface area contributed by atoms with Crippen LogP contribution in [-0.4, -0.2) is 19.1 Å². The van der Waals surface area contributed by atoms with Crippen LogP contribution in [0.2, 0.25) is 0 Å². The Morgan fingerprint density at radius 3 is 1.92 bits per heavy atom. The summed E-state index contributed by atoms with van der Waals surface area (Å²) in [5.41, 5.74) is 10.4. The highest BCUT2D eigenvalue weighted by atomic mass is 15.1. The molecular formula is C46H40N4. The van der Waals surface area contributed by atoms with Gasteiger partial charge in [0.1, 0.15) is 5.82 Å². The van der Waals surface area contributed by atoms with E-state index in [9.17, 15) is 0 Å². The summed E-state index contributed by atoms with van der Waals surface area (Å²) >= 11 is 0. The van der Waals surface area contributed by atoms with E-state index < -0.39 is 0 Å². The normalized spacial score (nSPS) is 12.6. The first-order valence-electron chi connectivity index (χ1n) is 17.5. The van der Waals surface area contributed by atoms with Crippen molar-refractivity contribution >= 4 is 54.4 Å². The number of rotatable bonds is 3. The number of nitrogens with zero attached hydrogens (tertiary/aromatic N) is 4. The van der Waals surface area contributed by atoms with Crippen LogP contribution in [0, 0.1) is 0 Å². The zero-order chi connectivity index (χ0) is 34.4. The van der Waals surface area contributed by atoms with Crippen molar-refractivity contribution in [2.45, 2.75) is 52.4 Å². The largest absolute Gasteiger partial charge is 0.309 e. The van der Waals surface area contributed by atoms with E-state index in [1.165, 1.54) is 49.0 Å². The SMILES string of the molecule is CC(C)(C)c1ccnc(-c2ccc3c4ccccc4n(-c4ccc5c6c7ccccc7ccc6n(-c6cc(C(C)(C)C)ccn6)c5c4)c3c2)c1. The molecule has 0 N–H and O–H groups in total. The summed E-state index contributed by atoms with van der Waals surface area (Å²) in [4.78, 5) is 9.81.